The zero-order valence-electron chi connectivity index (χ0n) is 11.5. The van der Waals surface area contributed by atoms with Crippen LogP contribution < -0.4 is 10.1 Å². The lowest BCUT2D eigenvalue weighted by molar-refractivity contribution is -0.274. The molecule has 1 aliphatic rings. The Labute approximate surface area is 117 Å². The minimum absolute atomic E-state index is 0.176. The topological polar surface area (TPSA) is 21.3 Å². The molecule has 0 aromatic heterocycles. The summed E-state index contributed by atoms with van der Waals surface area (Å²) >= 11 is 0. The molecule has 0 heterocycles. The van der Waals surface area contributed by atoms with Crippen LogP contribution in [0.3, 0.4) is 0 Å². The molecule has 5 heteroatoms. The second kappa shape index (κ2) is 6.37. The summed E-state index contributed by atoms with van der Waals surface area (Å²) in [6.45, 7) is 2.20. The number of ether oxygens (including phenoxy) is 1. The average Bonchev–Trinajstić information content (AvgIpc) is 2.38. The summed E-state index contributed by atoms with van der Waals surface area (Å²) in [5, 5.41) is 3.30. The molecule has 2 rings (SSSR count). The van der Waals surface area contributed by atoms with Crippen LogP contribution in [0.4, 0.5) is 18.9 Å². The number of halogens is 3. The molecule has 0 bridgehead atoms. The van der Waals surface area contributed by atoms with Crippen LogP contribution in [0.15, 0.2) is 24.3 Å². The third-order valence-corrected chi connectivity index (χ3v) is 3.86. The number of hydrogen-bond donors (Lipinski definition) is 1. The van der Waals surface area contributed by atoms with Crippen LogP contribution in [-0.2, 0) is 0 Å². The standard InChI is InChI=1S/C15H20F3NO/c1-2-11-6-8-12(9-7-11)19-13-4-3-5-14(10-13)20-15(16,17)18/h3-5,10-12,19H,2,6-9H2,1H3. The smallest absolute Gasteiger partial charge is 0.406 e. The summed E-state index contributed by atoms with van der Waals surface area (Å²) in [6.07, 6.45) is 1.09. The first-order valence-corrected chi connectivity index (χ1v) is 7.08. The maximum absolute atomic E-state index is 12.2. The van der Waals surface area contributed by atoms with E-state index in [1.807, 2.05) is 0 Å². The van der Waals surface area contributed by atoms with E-state index in [0.717, 1.165) is 18.8 Å². The van der Waals surface area contributed by atoms with Crippen LogP contribution in [0.5, 0.6) is 5.75 Å². The molecule has 0 amide bonds. The third kappa shape index (κ3) is 4.62. The van der Waals surface area contributed by atoms with Gasteiger partial charge in [-0.3, -0.25) is 0 Å². The van der Waals surface area contributed by atoms with Crippen molar-refractivity contribution in [1.82, 2.24) is 0 Å². The molecule has 1 aliphatic carbocycles. The zero-order valence-corrected chi connectivity index (χ0v) is 11.5. The van der Waals surface area contributed by atoms with E-state index in [0.29, 0.717) is 11.7 Å². The van der Waals surface area contributed by atoms with Gasteiger partial charge in [0.05, 0.1) is 0 Å². The molecule has 112 valence electrons. The van der Waals surface area contributed by atoms with E-state index >= 15 is 0 Å². The van der Waals surface area contributed by atoms with Crippen LogP contribution in [0, 0.1) is 5.92 Å². The fraction of sp³-hybridized carbons (Fsp3) is 0.600. The van der Waals surface area contributed by atoms with Crippen LogP contribution in [0.1, 0.15) is 39.0 Å². The molecule has 0 atom stereocenters. The molecular weight excluding hydrogens is 267 g/mol. The Morgan fingerprint density at radius 3 is 2.50 bits per heavy atom. The highest BCUT2D eigenvalue weighted by atomic mass is 19.4. The summed E-state index contributed by atoms with van der Waals surface area (Å²) in [7, 11) is 0. The molecule has 0 radical (unpaired) electrons. The van der Waals surface area contributed by atoms with Gasteiger partial charge in [-0.05, 0) is 43.7 Å². The summed E-state index contributed by atoms with van der Waals surface area (Å²) in [6, 6.07) is 6.40. The average molecular weight is 287 g/mol. The maximum atomic E-state index is 12.2. The number of rotatable bonds is 4. The van der Waals surface area contributed by atoms with Gasteiger partial charge in [-0.1, -0.05) is 19.4 Å². The molecule has 1 aromatic carbocycles. The summed E-state index contributed by atoms with van der Waals surface area (Å²) in [5.74, 6) is 0.623. The fourth-order valence-corrected chi connectivity index (χ4v) is 2.73. The van der Waals surface area contributed by atoms with Gasteiger partial charge in [0.15, 0.2) is 0 Å². The second-order valence-corrected chi connectivity index (χ2v) is 5.35. The monoisotopic (exact) mass is 287 g/mol. The number of benzene rings is 1. The van der Waals surface area contributed by atoms with Crippen molar-refractivity contribution in [2.45, 2.75) is 51.4 Å². The molecule has 20 heavy (non-hydrogen) atoms. The molecule has 2 nitrogen and oxygen atoms in total. The van der Waals surface area contributed by atoms with Gasteiger partial charge in [-0.25, -0.2) is 0 Å². The van der Waals surface area contributed by atoms with E-state index < -0.39 is 6.36 Å². The van der Waals surface area contributed by atoms with E-state index in [9.17, 15) is 13.2 Å². The predicted molar refractivity (Wildman–Crippen MR) is 72.8 cm³/mol. The van der Waals surface area contributed by atoms with E-state index in [1.54, 1.807) is 12.1 Å². The van der Waals surface area contributed by atoms with Gasteiger partial charge in [0.2, 0.25) is 0 Å². The van der Waals surface area contributed by atoms with Gasteiger partial charge in [0.25, 0.3) is 0 Å². The molecule has 0 aliphatic heterocycles. The van der Waals surface area contributed by atoms with Crippen molar-refractivity contribution >= 4 is 5.69 Å². The Morgan fingerprint density at radius 2 is 1.90 bits per heavy atom. The Balaban J connectivity index is 1.92. The van der Waals surface area contributed by atoms with Gasteiger partial charge in [0.1, 0.15) is 5.75 Å². The number of nitrogens with one attached hydrogen (secondary N) is 1. The van der Waals surface area contributed by atoms with Gasteiger partial charge in [-0.2, -0.15) is 0 Å². The van der Waals surface area contributed by atoms with E-state index in [2.05, 4.69) is 17.0 Å². The highest BCUT2D eigenvalue weighted by Crippen LogP contribution is 2.30. The normalized spacial score (nSPS) is 23.4. The Morgan fingerprint density at radius 1 is 1.20 bits per heavy atom. The SMILES string of the molecule is CCC1CCC(Nc2cccc(OC(F)(F)F)c2)CC1. The highest BCUT2D eigenvalue weighted by Gasteiger charge is 2.31. The Bertz CT molecular complexity index is 425. The first-order valence-electron chi connectivity index (χ1n) is 7.08. The van der Waals surface area contributed by atoms with Crippen LogP contribution >= 0.6 is 0 Å². The first-order chi connectivity index (χ1) is 9.46. The van der Waals surface area contributed by atoms with Gasteiger partial charge >= 0.3 is 6.36 Å². The number of anilines is 1. The summed E-state index contributed by atoms with van der Waals surface area (Å²) in [5.41, 5.74) is 0.687. The van der Waals surface area contributed by atoms with Crippen molar-refractivity contribution < 1.29 is 17.9 Å². The summed E-state index contributed by atoms with van der Waals surface area (Å²) < 4.78 is 40.4. The lowest BCUT2D eigenvalue weighted by Crippen LogP contribution is -2.26. The third-order valence-electron chi connectivity index (χ3n) is 3.86. The van der Waals surface area contributed by atoms with Gasteiger partial charge in [-0.15, -0.1) is 13.2 Å². The van der Waals surface area contributed by atoms with Gasteiger partial charge < -0.3 is 10.1 Å². The van der Waals surface area contributed by atoms with Crippen molar-refractivity contribution in [1.29, 1.82) is 0 Å². The summed E-state index contributed by atoms with van der Waals surface area (Å²) in [4.78, 5) is 0. The molecule has 0 spiro atoms. The molecule has 1 N–H and O–H groups in total. The largest absolute Gasteiger partial charge is 0.573 e. The molecule has 1 saturated carbocycles. The number of alkyl halides is 3. The van der Waals surface area contributed by atoms with Crippen LogP contribution in [0.25, 0.3) is 0 Å². The minimum atomic E-state index is -4.64. The van der Waals surface area contributed by atoms with E-state index in [-0.39, 0.29) is 5.75 Å². The number of hydrogen-bond acceptors (Lipinski definition) is 2. The maximum Gasteiger partial charge on any atom is 0.573 e. The molecular formula is C15H20F3NO. The lowest BCUT2D eigenvalue weighted by Gasteiger charge is -2.29. The fourth-order valence-electron chi connectivity index (χ4n) is 2.73. The molecule has 1 aromatic rings. The van der Waals surface area contributed by atoms with Crippen molar-refractivity contribution in [3.8, 4) is 5.75 Å². The molecule has 0 saturated heterocycles. The highest BCUT2D eigenvalue weighted by molar-refractivity contribution is 5.49. The van der Waals surface area contributed by atoms with Crippen molar-refractivity contribution in [2.24, 2.45) is 5.92 Å². The van der Waals surface area contributed by atoms with Crippen LogP contribution in [0.2, 0.25) is 0 Å². The van der Waals surface area contributed by atoms with Crippen molar-refractivity contribution in [3.05, 3.63) is 24.3 Å². The second-order valence-electron chi connectivity index (χ2n) is 5.35. The quantitative estimate of drug-likeness (QED) is 0.844. The lowest BCUT2D eigenvalue weighted by atomic mass is 9.84. The van der Waals surface area contributed by atoms with E-state index in [1.165, 1.54) is 31.4 Å². The minimum Gasteiger partial charge on any atom is -0.406 e. The zero-order chi connectivity index (χ0) is 14.6. The Hall–Kier alpha value is -1.39. The Kier molecular flexibility index (Phi) is 4.78. The van der Waals surface area contributed by atoms with Crippen molar-refractivity contribution in [3.63, 3.8) is 0 Å². The van der Waals surface area contributed by atoms with E-state index in [4.69, 9.17) is 0 Å². The van der Waals surface area contributed by atoms with Crippen LogP contribution in [-0.4, -0.2) is 12.4 Å². The van der Waals surface area contributed by atoms with Gasteiger partial charge in [0, 0.05) is 17.8 Å². The first kappa shape index (κ1) is 15.0. The molecule has 0 unspecified atom stereocenters. The predicted octanol–water partition coefficient (Wildman–Crippen LogP) is 4.97. The van der Waals surface area contributed by atoms with Crippen molar-refractivity contribution in [2.75, 3.05) is 5.32 Å². The molecule has 1 fully saturated rings.